The van der Waals surface area contributed by atoms with Crippen LogP contribution in [0.5, 0.6) is 0 Å². The lowest BCUT2D eigenvalue weighted by Crippen LogP contribution is -1.95. The molecule has 0 radical (unpaired) electrons. The first kappa shape index (κ1) is 8.72. The van der Waals surface area contributed by atoms with Crippen LogP contribution in [0.25, 0.3) is 11.5 Å². The van der Waals surface area contributed by atoms with Crippen molar-refractivity contribution in [3.8, 4) is 11.5 Å². The first-order chi connectivity index (χ1) is 7.28. The quantitative estimate of drug-likeness (QED) is 0.741. The largest absolute Gasteiger partial charge is 0.441 e. The first-order valence-electron chi connectivity index (χ1n) is 5.30. The minimum absolute atomic E-state index is 0.264. The average Bonchev–Trinajstić information content (AvgIpc) is 2.85. The van der Waals surface area contributed by atoms with Gasteiger partial charge in [-0.3, -0.25) is 0 Å². The Morgan fingerprint density at radius 3 is 2.60 bits per heavy atom. The maximum Gasteiger partial charge on any atom is 0.226 e. The summed E-state index contributed by atoms with van der Waals surface area (Å²) in [5, 5.41) is 0. The molecule has 1 aliphatic carbocycles. The highest BCUT2D eigenvalue weighted by Gasteiger charge is 2.42. The fraction of sp³-hybridized carbons (Fsp3) is 0.308. The topological polar surface area (TPSA) is 26.0 Å². The summed E-state index contributed by atoms with van der Waals surface area (Å²) in [4.78, 5) is 4.33. The number of nitrogens with zero attached hydrogens (tertiary/aromatic N) is 1. The molecule has 76 valence electrons. The van der Waals surface area contributed by atoms with E-state index in [0.29, 0.717) is 0 Å². The van der Waals surface area contributed by atoms with Crippen molar-refractivity contribution < 1.29 is 4.42 Å². The molecule has 1 aromatic carbocycles. The summed E-state index contributed by atoms with van der Waals surface area (Å²) < 4.78 is 5.79. The molecule has 1 aromatic heterocycles. The Bertz CT molecular complexity index is 468. The van der Waals surface area contributed by atoms with Crippen LogP contribution < -0.4 is 0 Å². The Hall–Kier alpha value is -1.57. The molecule has 0 unspecified atom stereocenters. The van der Waals surface area contributed by atoms with Crippen LogP contribution in [0.3, 0.4) is 0 Å². The standard InChI is InChI=1S/C13H13NO/c1-13(7-8-13)11-9-14-12(15-11)10-5-3-2-4-6-10/h2-6,9H,7-8H2,1H3. The molecule has 0 bridgehead atoms. The van der Waals surface area contributed by atoms with Gasteiger partial charge in [0.15, 0.2) is 0 Å². The van der Waals surface area contributed by atoms with Gasteiger partial charge in [-0.25, -0.2) is 4.98 Å². The zero-order chi connectivity index (χ0) is 10.3. The van der Waals surface area contributed by atoms with E-state index in [2.05, 4.69) is 11.9 Å². The van der Waals surface area contributed by atoms with Gasteiger partial charge in [-0.2, -0.15) is 0 Å². The molecule has 1 aliphatic rings. The van der Waals surface area contributed by atoms with Gasteiger partial charge in [0.25, 0.3) is 0 Å². The molecule has 1 heterocycles. The molecule has 0 aliphatic heterocycles. The van der Waals surface area contributed by atoms with Gasteiger partial charge in [0.1, 0.15) is 5.76 Å². The van der Waals surface area contributed by atoms with Gasteiger partial charge < -0.3 is 4.42 Å². The molecule has 0 spiro atoms. The lowest BCUT2D eigenvalue weighted by molar-refractivity contribution is 0.474. The summed E-state index contributed by atoms with van der Waals surface area (Å²) in [6, 6.07) is 10.0. The molecule has 3 rings (SSSR count). The normalized spacial score (nSPS) is 17.7. The van der Waals surface area contributed by atoms with Gasteiger partial charge in [-0.15, -0.1) is 0 Å². The molecule has 15 heavy (non-hydrogen) atoms. The second-order valence-corrected chi connectivity index (χ2v) is 4.46. The maximum absolute atomic E-state index is 5.79. The molecule has 0 saturated heterocycles. The summed E-state index contributed by atoms with van der Waals surface area (Å²) in [6.07, 6.45) is 4.31. The van der Waals surface area contributed by atoms with Crippen LogP contribution in [0.15, 0.2) is 40.9 Å². The molecular formula is C13H13NO. The number of aromatic nitrogens is 1. The van der Waals surface area contributed by atoms with Crippen LogP contribution in [0.2, 0.25) is 0 Å². The van der Waals surface area contributed by atoms with Crippen LogP contribution in [-0.2, 0) is 5.41 Å². The van der Waals surface area contributed by atoms with Crippen LogP contribution in [0, 0.1) is 0 Å². The summed E-state index contributed by atoms with van der Waals surface area (Å²) in [5.41, 5.74) is 1.31. The first-order valence-corrected chi connectivity index (χ1v) is 5.30. The van der Waals surface area contributed by atoms with E-state index in [1.54, 1.807) is 0 Å². The number of rotatable bonds is 2. The van der Waals surface area contributed by atoms with Crippen LogP contribution in [-0.4, -0.2) is 4.98 Å². The van der Waals surface area contributed by atoms with Gasteiger partial charge in [0, 0.05) is 11.0 Å². The van der Waals surface area contributed by atoms with Gasteiger partial charge in [0.2, 0.25) is 5.89 Å². The summed E-state index contributed by atoms with van der Waals surface area (Å²) in [6.45, 7) is 2.22. The Kier molecular flexibility index (Phi) is 1.72. The van der Waals surface area contributed by atoms with Gasteiger partial charge in [-0.05, 0) is 25.0 Å². The number of hydrogen-bond donors (Lipinski definition) is 0. The third kappa shape index (κ3) is 1.46. The molecule has 0 amide bonds. The van der Waals surface area contributed by atoms with E-state index in [0.717, 1.165) is 17.2 Å². The number of hydrogen-bond acceptors (Lipinski definition) is 2. The van der Waals surface area contributed by atoms with Crippen molar-refractivity contribution in [3.63, 3.8) is 0 Å². The highest BCUT2D eigenvalue weighted by molar-refractivity contribution is 5.52. The number of benzene rings is 1. The van der Waals surface area contributed by atoms with Crippen molar-refractivity contribution in [2.24, 2.45) is 0 Å². The molecule has 2 aromatic rings. The van der Waals surface area contributed by atoms with E-state index in [4.69, 9.17) is 4.42 Å². The van der Waals surface area contributed by atoms with E-state index in [9.17, 15) is 0 Å². The Morgan fingerprint density at radius 2 is 1.93 bits per heavy atom. The van der Waals surface area contributed by atoms with Gasteiger partial charge >= 0.3 is 0 Å². The molecule has 2 heteroatoms. The van der Waals surface area contributed by atoms with E-state index >= 15 is 0 Å². The molecule has 0 atom stereocenters. The maximum atomic E-state index is 5.79. The average molecular weight is 199 g/mol. The monoisotopic (exact) mass is 199 g/mol. The summed E-state index contributed by atoms with van der Waals surface area (Å²) in [7, 11) is 0. The summed E-state index contributed by atoms with van der Waals surface area (Å²) >= 11 is 0. The highest BCUT2D eigenvalue weighted by atomic mass is 16.4. The zero-order valence-electron chi connectivity index (χ0n) is 8.73. The third-order valence-corrected chi connectivity index (χ3v) is 3.12. The smallest absolute Gasteiger partial charge is 0.226 e. The molecule has 1 fully saturated rings. The molecular weight excluding hydrogens is 186 g/mol. The second kappa shape index (κ2) is 2.96. The predicted molar refractivity (Wildman–Crippen MR) is 58.5 cm³/mol. The molecule has 2 nitrogen and oxygen atoms in total. The van der Waals surface area contributed by atoms with Crippen molar-refractivity contribution in [1.29, 1.82) is 0 Å². The van der Waals surface area contributed by atoms with Crippen molar-refractivity contribution in [2.75, 3.05) is 0 Å². The van der Waals surface area contributed by atoms with Crippen molar-refractivity contribution in [1.82, 2.24) is 4.98 Å². The third-order valence-electron chi connectivity index (χ3n) is 3.12. The van der Waals surface area contributed by atoms with Gasteiger partial charge in [-0.1, -0.05) is 25.1 Å². The van der Waals surface area contributed by atoms with E-state index in [1.165, 1.54) is 12.8 Å². The van der Waals surface area contributed by atoms with E-state index in [1.807, 2.05) is 36.5 Å². The fourth-order valence-electron chi connectivity index (χ4n) is 1.70. The second-order valence-electron chi connectivity index (χ2n) is 4.46. The minimum Gasteiger partial charge on any atom is -0.441 e. The Balaban J connectivity index is 1.97. The Labute approximate surface area is 89.0 Å². The number of oxazole rings is 1. The lowest BCUT2D eigenvalue weighted by atomic mass is 10.1. The fourth-order valence-corrected chi connectivity index (χ4v) is 1.70. The lowest BCUT2D eigenvalue weighted by Gasteiger charge is -2.00. The van der Waals surface area contributed by atoms with Crippen molar-refractivity contribution >= 4 is 0 Å². The SMILES string of the molecule is CC1(c2cnc(-c3ccccc3)o2)CC1. The minimum atomic E-state index is 0.264. The van der Waals surface area contributed by atoms with E-state index in [-0.39, 0.29) is 5.41 Å². The molecule has 1 saturated carbocycles. The zero-order valence-corrected chi connectivity index (χ0v) is 8.73. The molecule has 0 N–H and O–H groups in total. The predicted octanol–water partition coefficient (Wildman–Crippen LogP) is 3.39. The van der Waals surface area contributed by atoms with E-state index < -0.39 is 0 Å². The van der Waals surface area contributed by atoms with Crippen LogP contribution >= 0.6 is 0 Å². The van der Waals surface area contributed by atoms with Crippen molar-refractivity contribution in [2.45, 2.75) is 25.2 Å². The van der Waals surface area contributed by atoms with Crippen LogP contribution in [0.4, 0.5) is 0 Å². The summed E-state index contributed by atoms with van der Waals surface area (Å²) in [5.74, 6) is 1.76. The van der Waals surface area contributed by atoms with Gasteiger partial charge in [0.05, 0.1) is 6.20 Å². The Morgan fingerprint density at radius 1 is 1.20 bits per heavy atom. The van der Waals surface area contributed by atoms with Crippen molar-refractivity contribution in [3.05, 3.63) is 42.3 Å². The highest BCUT2D eigenvalue weighted by Crippen LogP contribution is 2.48. The van der Waals surface area contributed by atoms with Crippen LogP contribution in [0.1, 0.15) is 25.5 Å².